The molecular formula is C20H31N7O. The number of nitrogens with one attached hydrogen (secondary N) is 3. The van der Waals surface area contributed by atoms with E-state index in [9.17, 15) is 4.79 Å². The largest absolute Gasteiger partial charge is 0.356 e. The topological polar surface area (TPSA) is 96.2 Å². The molecule has 1 heterocycles. The molecule has 0 atom stereocenters. The van der Waals surface area contributed by atoms with E-state index in [-0.39, 0.29) is 5.91 Å². The predicted molar refractivity (Wildman–Crippen MR) is 111 cm³/mol. The van der Waals surface area contributed by atoms with Crippen LogP contribution in [0.25, 0.3) is 0 Å². The van der Waals surface area contributed by atoms with Crippen LogP contribution in [0, 0.1) is 6.92 Å². The van der Waals surface area contributed by atoms with Crippen molar-refractivity contribution in [2.24, 2.45) is 12.0 Å². The summed E-state index contributed by atoms with van der Waals surface area (Å²) in [5.41, 5.74) is 1.78. The lowest BCUT2D eigenvalue weighted by molar-refractivity contribution is 0.0963. The summed E-state index contributed by atoms with van der Waals surface area (Å²) < 4.78 is 1.94. The number of unbranched alkanes of at least 4 members (excludes halogenated alkanes) is 1. The Morgan fingerprint density at radius 3 is 2.68 bits per heavy atom. The fourth-order valence-electron chi connectivity index (χ4n) is 2.63. The summed E-state index contributed by atoms with van der Waals surface area (Å²) in [7, 11) is 3.58. The lowest BCUT2D eigenvalue weighted by atomic mass is 10.1. The number of nitrogens with zero attached hydrogens (tertiary/aromatic N) is 4. The number of hydrogen-bond donors (Lipinski definition) is 3. The normalized spacial score (nSPS) is 11.4. The number of carbonyl (C=O) groups excluding carboxylic acids is 1. The van der Waals surface area contributed by atoms with Crippen LogP contribution in [-0.2, 0) is 20.0 Å². The van der Waals surface area contributed by atoms with Crippen LogP contribution in [-0.4, -0.2) is 46.8 Å². The first-order valence-electron chi connectivity index (χ1n) is 9.73. The van der Waals surface area contributed by atoms with Gasteiger partial charge in [-0.15, -0.1) is 10.2 Å². The van der Waals surface area contributed by atoms with Gasteiger partial charge in [0.05, 0.1) is 0 Å². The van der Waals surface area contributed by atoms with Crippen molar-refractivity contribution in [1.82, 2.24) is 30.7 Å². The van der Waals surface area contributed by atoms with Crippen LogP contribution in [0.4, 0.5) is 0 Å². The molecule has 0 spiro atoms. The number of rotatable bonds is 9. The quantitative estimate of drug-likeness (QED) is 0.346. The van der Waals surface area contributed by atoms with Crippen molar-refractivity contribution in [2.75, 3.05) is 20.1 Å². The molecule has 1 aromatic heterocycles. The molecule has 0 aliphatic rings. The van der Waals surface area contributed by atoms with Crippen molar-refractivity contribution in [2.45, 2.75) is 39.7 Å². The first-order valence-corrected chi connectivity index (χ1v) is 9.73. The van der Waals surface area contributed by atoms with E-state index in [1.54, 1.807) is 7.05 Å². The van der Waals surface area contributed by atoms with Crippen LogP contribution >= 0.6 is 0 Å². The van der Waals surface area contributed by atoms with Crippen LogP contribution < -0.4 is 16.0 Å². The van der Waals surface area contributed by atoms with Crippen LogP contribution in [0.2, 0.25) is 0 Å². The Morgan fingerprint density at radius 2 is 2.00 bits per heavy atom. The van der Waals surface area contributed by atoms with Gasteiger partial charge in [-0.05, 0) is 37.5 Å². The highest BCUT2D eigenvalue weighted by Crippen LogP contribution is 2.06. The molecule has 0 unspecified atom stereocenters. The standard InChI is InChI=1S/C20H31N7O/c1-5-6-11-22-20(24-14-18-26-25-15(2)27(18)4)23-12-10-16-8-7-9-17(13-16)19(28)21-3/h7-9,13H,5-6,10-12,14H2,1-4H3,(H,21,28)(H2,22,23,24). The molecule has 0 bridgehead atoms. The minimum Gasteiger partial charge on any atom is -0.356 e. The van der Waals surface area contributed by atoms with Gasteiger partial charge in [-0.2, -0.15) is 0 Å². The van der Waals surface area contributed by atoms with Gasteiger partial charge in [0.15, 0.2) is 11.8 Å². The van der Waals surface area contributed by atoms with E-state index >= 15 is 0 Å². The number of benzene rings is 1. The zero-order valence-corrected chi connectivity index (χ0v) is 17.2. The van der Waals surface area contributed by atoms with E-state index in [4.69, 9.17) is 0 Å². The third-order valence-corrected chi connectivity index (χ3v) is 4.51. The SMILES string of the molecule is CCCCNC(=NCc1nnc(C)n1C)NCCc1cccc(C(=O)NC)c1. The molecule has 0 aliphatic heterocycles. The molecule has 2 rings (SSSR count). The minimum absolute atomic E-state index is 0.0720. The lowest BCUT2D eigenvalue weighted by Crippen LogP contribution is -2.39. The summed E-state index contributed by atoms with van der Waals surface area (Å²) >= 11 is 0. The molecule has 0 radical (unpaired) electrons. The third kappa shape index (κ3) is 6.37. The van der Waals surface area contributed by atoms with E-state index in [0.717, 1.165) is 49.0 Å². The smallest absolute Gasteiger partial charge is 0.251 e. The van der Waals surface area contributed by atoms with Gasteiger partial charge in [-0.25, -0.2) is 4.99 Å². The van der Waals surface area contributed by atoms with E-state index < -0.39 is 0 Å². The van der Waals surface area contributed by atoms with E-state index in [1.807, 2.05) is 42.8 Å². The summed E-state index contributed by atoms with van der Waals surface area (Å²) in [5.74, 6) is 2.39. The second-order valence-electron chi connectivity index (χ2n) is 6.62. The molecule has 28 heavy (non-hydrogen) atoms. The highest BCUT2D eigenvalue weighted by Gasteiger charge is 2.06. The molecule has 2 aromatic rings. The Balaban J connectivity index is 1.95. The van der Waals surface area contributed by atoms with Gasteiger partial charge in [-0.3, -0.25) is 4.79 Å². The highest BCUT2D eigenvalue weighted by atomic mass is 16.1. The Bertz CT molecular complexity index is 798. The number of amides is 1. The molecule has 3 N–H and O–H groups in total. The Kier molecular flexibility index (Phi) is 8.45. The molecule has 1 aromatic carbocycles. The highest BCUT2D eigenvalue weighted by molar-refractivity contribution is 5.94. The van der Waals surface area contributed by atoms with Crippen LogP contribution in [0.5, 0.6) is 0 Å². The first kappa shape index (κ1) is 21.4. The van der Waals surface area contributed by atoms with E-state index in [2.05, 4.69) is 38.1 Å². The summed E-state index contributed by atoms with van der Waals surface area (Å²) in [4.78, 5) is 16.4. The maximum atomic E-state index is 11.8. The molecule has 0 aliphatic carbocycles. The maximum absolute atomic E-state index is 11.8. The van der Waals surface area contributed by atoms with Crippen molar-refractivity contribution in [3.8, 4) is 0 Å². The van der Waals surface area contributed by atoms with Crippen molar-refractivity contribution in [3.63, 3.8) is 0 Å². The van der Waals surface area contributed by atoms with Crippen LogP contribution in [0.1, 0.15) is 47.3 Å². The molecule has 0 fully saturated rings. The van der Waals surface area contributed by atoms with Crippen molar-refractivity contribution < 1.29 is 4.79 Å². The van der Waals surface area contributed by atoms with Gasteiger partial charge in [0, 0.05) is 32.7 Å². The molecule has 0 saturated carbocycles. The number of aromatic nitrogens is 3. The van der Waals surface area contributed by atoms with Crippen LogP contribution in [0.15, 0.2) is 29.3 Å². The lowest BCUT2D eigenvalue weighted by Gasteiger charge is -2.13. The second-order valence-corrected chi connectivity index (χ2v) is 6.62. The Morgan fingerprint density at radius 1 is 1.21 bits per heavy atom. The van der Waals surface area contributed by atoms with Crippen molar-refractivity contribution in [3.05, 3.63) is 47.0 Å². The van der Waals surface area contributed by atoms with Crippen LogP contribution in [0.3, 0.4) is 0 Å². The summed E-state index contributed by atoms with van der Waals surface area (Å²) in [6, 6.07) is 7.67. The number of carbonyl (C=O) groups is 1. The van der Waals surface area contributed by atoms with Gasteiger partial charge >= 0.3 is 0 Å². The van der Waals surface area contributed by atoms with Crippen molar-refractivity contribution >= 4 is 11.9 Å². The molecule has 1 amide bonds. The third-order valence-electron chi connectivity index (χ3n) is 4.51. The number of aryl methyl sites for hydroxylation is 1. The number of aliphatic imine (C=N–C) groups is 1. The van der Waals surface area contributed by atoms with Crippen molar-refractivity contribution in [1.29, 1.82) is 0 Å². The Hall–Kier alpha value is -2.90. The van der Waals surface area contributed by atoms with Gasteiger partial charge in [0.25, 0.3) is 5.91 Å². The van der Waals surface area contributed by atoms with Gasteiger partial charge < -0.3 is 20.5 Å². The van der Waals surface area contributed by atoms with Gasteiger partial charge in [0.2, 0.25) is 0 Å². The average Bonchev–Trinajstić information content (AvgIpc) is 3.03. The zero-order chi connectivity index (χ0) is 20.4. The molecule has 0 saturated heterocycles. The summed E-state index contributed by atoms with van der Waals surface area (Å²) in [5, 5.41) is 17.6. The maximum Gasteiger partial charge on any atom is 0.251 e. The summed E-state index contributed by atoms with van der Waals surface area (Å²) in [6.07, 6.45) is 3.00. The zero-order valence-electron chi connectivity index (χ0n) is 17.2. The fourth-order valence-corrected chi connectivity index (χ4v) is 2.63. The van der Waals surface area contributed by atoms with Gasteiger partial charge in [0.1, 0.15) is 12.4 Å². The summed E-state index contributed by atoms with van der Waals surface area (Å²) in [6.45, 7) is 6.13. The number of guanidine groups is 1. The first-order chi connectivity index (χ1) is 13.5. The fraction of sp³-hybridized carbons (Fsp3) is 0.500. The molecule has 8 heteroatoms. The van der Waals surface area contributed by atoms with E-state index in [1.165, 1.54) is 0 Å². The number of hydrogen-bond acceptors (Lipinski definition) is 4. The average molecular weight is 386 g/mol. The Labute approximate surface area is 166 Å². The van der Waals surface area contributed by atoms with E-state index in [0.29, 0.717) is 18.7 Å². The second kappa shape index (κ2) is 11.1. The molecule has 8 nitrogen and oxygen atoms in total. The minimum atomic E-state index is -0.0720. The molecule has 152 valence electrons. The predicted octanol–water partition coefficient (Wildman–Crippen LogP) is 1.56. The molecular weight excluding hydrogens is 354 g/mol. The van der Waals surface area contributed by atoms with Gasteiger partial charge in [-0.1, -0.05) is 25.5 Å². The monoisotopic (exact) mass is 385 g/mol.